The summed E-state index contributed by atoms with van der Waals surface area (Å²) >= 11 is 6.23. The van der Waals surface area contributed by atoms with Crippen LogP contribution < -0.4 is 10.0 Å². The van der Waals surface area contributed by atoms with Gasteiger partial charge in [-0.05, 0) is 61.6 Å². The van der Waals surface area contributed by atoms with Crippen molar-refractivity contribution in [2.45, 2.75) is 30.7 Å². The largest absolute Gasteiger partial charge is 0.363 e. The lowest BCUT2D eigenvalue weighted by Gasteiger charge is -2.33. The Morgan fingerprint density at radius 3 is 2.42 bits per heavy atom. The lowest BCUT2D eigenvalue weighted by molar-refractivity contribution is 0.0713. The van der Waals surface area contributed by atoms with Crippen molar-refractivity contribution in [3.63, 3.8) is 0 Å². The molecule has 0 radical (unpaired) electrons. The van der Waals surface area contributed by atoms with Gasteiger partial charge in [0, 0.05) is 30.9 Å². The summed E-state index contributed by atoms with van der Waals surface area (Å²) in [4.78, 5) is 19.5. The van der Waals surface area contributed by atoms with Crippen LogP contribution in [0.1, 0.15) is 40.2 Å². The molecule has 1 aliphatic rings. The number of pyridine rings is 1. The smallest absolute Gasteiger partial charge is 0.280 e. The number of carbonyl (C=O) groups excluding carboxylic acids is 1. The van der Waals surface area contributed by atoms with E-state index in [4.69, 9.17) is 11.6 Å². The number of aromatic nitrogens is 2. The zero-order chi connectivity index (χ0) is 28.4. The van der Waals surface area contributed by atoms with Gasteiger partial charge in [-0.2, -0.15) is 8.42 Å². The van der Waals surface area contributed by atoms with Gasteiger partial charge < -0.3 is 14.7 Å². The second-order valence-electron chi connectivity index (χ2n) is 9.33. The van der Waals surface area contributed by atoms with E-state index in [2.05, 4.69) is 24.7 Å². The number of hydrogen-bond donors (Lipinski definition) is 2. The third kappa shape index (κ3) is 5.77. The maximum atomic E-state index is 13.7. The Kier molecular flexibility index (Phi) is 7.72. The van der Waals surface area contributed by atoms with Crippen molar-refractivity contribution in [2.24, 2.45) is 0 Å². The first-order valence-electron chi connectivity index (χ1n) is 12.3. The van der Waals surface area contributed by atoms with Crippen LogP contribution in [-0.2, 0) is 10.0 Å². The van der Waals surface area contributed by atoms with E-state index in [1.54, 1.807) is 17.0 Å². The Morgan fingerprint density at radius 1 is 1.07 bits per heavy atom. The molecule has 2 aromatic carbocycles. The van der Waals surface area contributed by atoms with Gasteiger partial charge in [0.2, 0.25) is 0 Å². The molecule has 2 aromatic heterocycles. The molecule has 0 spiro atoms. The molecule has 1 amide bonds. The number of likely N-dealkylation sites (tertiary alicyclic amines) is 1. The summed E-state index contributed by atoms with van der Waals surface area (Å²) in [5.74, 6) is -1.08. The van der Waals surface area contributed by atoms with Gasteiger partial charge in [-0.25, -0.2) is 13.8 Å². The van der Waals surface area contributed by atoms with Crippen molar-refractivity contribution in [3.05, 3.63) is 94.3 Å². The summed E-state index contributed by atoms with van der Waals surface area (Å²) in [5.41, 5.74) is 1.71. The van der Waals surface area contributed by atoms with E-state index in [1.165, 1.54) is 49.7 Å². The number of rotatable bonds is 7. The molecule has 208 valence electrons. The molecule has 9 nitrogen and oxygen atoms in total. The molecule has 0 saturated carbocycles. The minimum atomic E-state index is -4.22. The van der Waals surface area contributed by atoms with E-state index >= 15 is 0 Å². The van der Waals surface area contributed by atoms with Crippen molar-refractivity contribution >= 4 is 44.7 Å². The van der Waals surface area contributed by atoms with Crippen LogP contribution in [0.3, 0.4) is 0 Å². The third-order valence-corrected chi connectivity index (χ3v) is 8.46. The zero-order valence-electron chi connectivity index (χ0n) is 21.2. The molecule has 3 heterocycles. The Bertz CT molecular complexity index is 1640. The fraction of sp³-hybridized carbons (Fsp3) is 0.222. The number of sulfonamides is 1. The Labute approximate surface area is 234 Å². The normalized spacial score (nSPS) is 14.2. The van der Waals surface area contributed by atoms with Gasteiger partial charge in [0.15, 0.2) is 10.8 Å². The Balaban J connectivity index is 1.46. The fourth-order valence-corrected chi connectivity index (χ4v) is 6.07. The number of halogens is 3. The number of carbonyl (C=O) groups is 1. The number of benzene rings is 2. The summed E-state index contributed by atoms with van der Waals surface area (Å²) in [6, 6.07) is 11.4. The molecule has 0 unspecified atom stereocenters. The van der Waals surface area contributed by atoms with Crippen LogP contribution in [0.5, 0.6) is 0 Å². The number of nitrogens with zero attached hydrogens (tertiary/aromatic N) is 3. The minimum Gasteiger partial charge on any atom is -0.363 e. The molecular formula is C27H24ClF2N5O4S. The van der Waals surface area contributed by atoms with E-state index in [1.807, 2.05) is 0 Å². The predicted octanol–water partition coefficient (Wildman–Crippen LogP) is 5.87. The Hall–Kier alpha value is -4.03. The lowest BCUT2D eigenvalue weighted by atomic mass is 9.89. The summed E-state index contributed by atoms with van der Waals surface area (Å²) < 4.78 is 60.3. The van der Waals surface area contributed by atoms with Gasteiger partial charge in [-0.15, -0.1) is 0 Å². The van der Waals surface area contributed by atoms with Crippen LogP contribution in [0, 0.1) is 18.6 Å². The SMILES string of the molecule is Cc1c(S(=O)(=O)Nc2ccon2)ncc(C(=O)N2CCC(c3ccc(F)cc3)CC2)c1Nc1ccc(F)cc1Cl. The molecule has 40 heavy (non-hydrogen) atoms. The monoisotopic (exact) mass is 587 g/mol. The maximum Gasteiger partial charge on any atom is 0.280 e. The quantitative estimate of drug-likeness (QED) is 0.277. The summed E-state index contributed by atoms with van der Waals surface area (Å²) in [6.07, 6.45) is 3.75. The lowest BCUT2D eigenvalue weighted by Crippen LogP contribution is -2.38. The van der Waals surface area contributed by atoms with E-state index in [9.17, 15) is 22.0 Å². The van der Waals surface area contributed by atoms with Crippen LogP contribution >= 0.6 is 11.6 Å². The average Bonchev–Trinajstić information content (AvgIpc) is 3.43. The highest BCUT2D eigenvalue weighted by atomic mass is 35.5. The summed E-state index contributed by atoms with van der Waals surface area (Å²) in [6.45, 7) is 2.37. The fourth-order valence-electron chi connectivity index (χ4n) is 4.69. The second kappa shape index (κ2) is 11.2. The van der Waals surface area contributed by atoms with Gasteiger partial charge in [0.25, 0.3) is 15.9 Å². The first-order valence-corrected chi connectivity index (χ1v) is 14.2. The highest BCUT2D eigenvalue weighted by Crippen LogP contribution is 2.35. The molecule has 0 aliphatic carbocycles. The molecule has 1 fully saturated rings. The molecule has 13 heteroatoms. The summed E-state index contributed by atoms with van der Waals surface area (Å²) in [5, 5.41) is 6.28. The van der Waals surface area contributed by atoms with Gasteiger partial charge >= 0.3 is 0 Å². The Morgan fingerprint density at radius 2 is 1.77 bits per heavy atom. The van der Waals surface area contributed by atoms with E-state index in [0.29, 0.717) is 25.9 Å². The predicted molar refractivity (Wildman–Crippen MR) is 145 cm³/mol. The average molecular weight is 588 g/mol. The highest BCUT2D eigenvalue weighted by Gasteiger charge is 2.30. The molecule has 0 bridgehead atoms. The maximum absolute atomic E-state index is 13.7. The molecule has 5 rings (SSSR count). The van der Waals surface area contributed by atoms with Crippen molar-refractivity contribution in [3.8, 4) is 0 Å². The first kappa shape index (κ1) is 27.5. The van der Waals surface area contributed by atoms with Crippen LogP contribution in [0.15, 0.2) is 70.5 Å². The first-order chi connectivity index (χ1) is 19.1. The van der Waals surface area contributed by atoms with E-state index < -0.39 is 15.8 Å². The van der Waals surface area contributed by atoms with Gasteiger partial charge in [0.05, 0.1) is 22.0 Å². The number of anilines is 3. The van der Waals surface area contributed by atoms with E-state index in [0.717, 1.165) is 11.6 Å². The third-order valence-electron chi connectivity index (χ3n) is 6.75. The van der Waals surface area contributed by atoms with Gasteiger partial charge in [-0.3, -0.25) is 9.52 Å². The molecule has 1 saturated heterocycles. The van der Waals surface area contributed by atoms with E-state index in [-0.39, 0.29) is 56.0 Å². The zero-order valence-corrected chi connectivity index (χ0v) is 22.8. The molecule has 1 aliphatic heterocycles. The van der Waals surface area contributed by atoms with Gasteiger partial charge in [-0.1, -0.05) is 28.9 Å². The van der Waals surface area contributed by atoms with Crippen LogP contribution in [0.25, 0.3) is 0 Å². The van der Waals surface area contributed by atoms with Crippen molar-refractivity contribution in [1.82, 2.24) is 15.0 Å². The molecule has 2 N–H and O–H groups in total. The molecular weight excluding hydrogens is 564 g/mol. The van der Waals surface area contributed by atoms with Crippen molar-refractivity contribution in [1.29, 1.82) is 0 Å². The second-order valence-corrected chi connectivity index (χ2v) is 11.3. The van der Waals surface area contributed by atoms with Crippen LogP contribution in [0.2, 0.25) is 5.02 Å². The van der Waals surface area contributed by atoms with Crippen LogP contribution in [0.4, 0.5) is 26.0 Å². The van der Waals surface area contributed by atoms with Crippen molar-refractivity contribution < 1.29 is 26.5 Å². The number of hydrogen-bond acceptors (Lipinski definition) is 7. The minimum absolute atomic E-state index is 0.0403. The van der Waals surface area contributed by atoms with Crippen molar-refractivity contribution in [2.75, 3.05) is 23.1 Å². The van der Waals surface area contributed by atoms with Gasteiger partial charge in [0.1, 0.15) is 17.9 Å². The highest BCUT2D eigenvalue weighted by molar-refractivity contribution is 7.92. The topological polar surface area (TPSA) is 117 Å². The number of amides is 1. The number of nitrogens with one attached hydrogen (secondary N) is 2. The summed E-state index contributed by atoms with van der Waals surface area (Å²) in [7, 11) is -4.22. The number of piperidine rings is 1. The molecule has 4 aromatic rings. The molecule has 0 atom stereocenters. The van der Waals surface area contributed by atoms with Crippen LogP contribution in [-0.4, -0.2) is 42.5 Å². The standard InChI is InChI=1S/C27H24ClF2N5O4S/c1-16-25(32-23-7-6-20(30)14-22(23)28)21(15-31-26(16)40(37,38)34-24-10-13-39-33-24)27(36)35-11-8-18(9-12-35)17-2-4-19(29)5-3-17/h2-7,10,13-15,18H,8-9,11-12H2,1H3,(H,31,32)(H,33,34).